The molecule has 0 bridgehead atoms. The van der Waals surface area contributed by atoms with Gasteiger partial charge in [-0.05, 0) is 37.0 Å². The molecule has 1 fully saturated rings. The minimum Gasteiger partial charge on any atom is -0.356 e. The number of unbranched alkanes of at least 4 members (excludes halogenated alkanes) is 1. The second-order valence-corrected chi connectivity index (χ2v) is 7.46. The second kappa shape index (κ2) is 10.2. The van der Waals surface area contributed by atoms with Crippen LogP contribution < -0.4 is 15.4 Å². The highest BCUT2D eigenvalue weighted by atomic mass is 127. The zero-order chi connectivity index (χ0) is 16.7. The van der Waals surface area contributed by atoms with E-state index in [0.717, 1.165) is 43.8 Å². The molecule has 3 N–H and O–H groups in total. The number of guanidine groups is 1. The van der Waals surface area contributed by atoms with Crippen LogP contribution in [0.5, 0.6) is 0 Å². The summed E-state index contributed by atoms with van der Waals surface area (Å²) >= 11 is 0. The molecule has 24 heavy (non-hydrogen) atoms. The van der Waals surface area contributed by atoms with Gasteiger partial charge in [0.1, 0.15) is 0 Å². The highest BCUT2D eigenvalue weighted by molar-refractivity contribution is 14.0. The van der Waals surface area contributed by atoms with Crippen molar-refractivity contribution < 1.29 is 8.42 Å². The second-order valence-electron chi connectivity index (χ2n) is 5.75. The molecule has 0 amide bonds. The number of benzene rings is 1. The van der Waals surface area contributed by atoms with Gasteiger partial charge in [-0.3, -0.25) is 4.99 Å². The third-order valence-corrected chi connectivity index (χ3v) is 5.18. The smallest absolute Gasteiger partial charge is 0.240 e. The maximum absolute atomic E-state index is 12.1. The van der Waals surface area contributed by atoms with E-state index in [1.165, 1.54) is 0 Å². The Balaban J connectivity index is 0.00000288. The summed E-state index contributed by atoms with van der Waals surface area (Å²) in [4.78, 5) is 4.48. The average Bonchev–Trinajstić information content (AvgIpc) is 3.34. The molecule has 1 aromatic rings. The van der Waals surface area contributed by atoms with Crippen LogP contribution in [0.2, 0.25) is 0 Å². The van der Waals surface area contributed by atoms with Crippen LogP contribution in [0, 0.1) is 0 Å². The standard InChI is InChI=1S/C16H26N4O2S.HI/c1-3-4-11-18-16(17-2)19-12-13-5-9-15(10-6-13)23(21,22)20-14-7-8-14;/h5-6,9-10,14,20H,3-4,7-8,11-12H2,1-2H3,(H2,17,18,19);1H. The van der Waals surface area contributed by atoms with Crippen LogP contribution in [0.1, 0.15) is 38.2 Å². The molecule has 0 spiro atoms. The Morgan fingerprint density at radius 2 is 1.88 bits per heavy atom. The molecule has 6 nitrogen and oxygen atoms in total. The van der Waals surface area contributed by atoms with E-state index in [2.05, 4.69) is 27.3 Å². The molecule has 1 saturated carbocycles. The van der Waals surface area contributed by atoms with E-state index < -0.39 is 10.0 Å². The quantitative estimate of drug-likeness (QED) is 0.238. The third-order valence-electron chi connectivity index (χ3n) is 3.64. The summed E-state index contributed by atoms with van der Waals surface area (Å²) in [6, 6.07) is 7.07. The van der Waals surface area contributed by atoms with Crippen molar-refractivity contribution in [2.75, 3.05) is 13.6 Å². The first-order chi connectivity index (χ1) is 11.0. The molecule has 2 rings (SSSR count). The van der Waals surface area contributed by atoms with E-state index in [4.69, 9.17) is 0 Å². The van der Waals surface area contributed by atoms with Gasteiger partial charge in [0.2, 0.25) is 10.0 Å². The Labute approximate surface area is 162 Å². The van der Waals surface area contributed by atoms with Gasteiger partial charge in [0.05, 0.1) is 4.90 Å². The van der Waals surface area contributed by atoms with E-state index in [9.17, 15) is 8.42 Å². The van der Waals surface area contributed by atoms with Crippen LogP contribution in [0.3, 0.4) is 0 Å². The van der Waals surface area contributed by atoms with Crippen LogP contribution >= 0.6 is 24.0 Å². The van der Waals surface area contributed by atoms with E-state index in [0.29, 0.717) is 11.4 Å². The molecule has 0 unspecified atom stereocenters. The predicted molar refractivity (Wildman–Crippen MR) is 108 cm³/mol. The minimum absolute atomic E-state index is 0. The zero-order valence-electron chi connectivity index (χ0n) is 14.2. The molecule has 0 atom stereocenters. The van der Waals surface area contributed by atoms with E-state index in [1.807, 2.05) is 12.1 Å². The third kappa shape index (κ3) is 6.94. The molecule has 0 aliphatic heterocycles. The maximum atomic E-state index is 12.1. The molecule has 8 heteroatoms. The van der Waals surface area contributed by atoms with Crippen molar-refractivity contribution in [3.8, 4) is 0 Å². The molecule has 1 aliphatic rings. The summed E-state index contributed by atoms with van der Waals surface area (Å²) in [5, 5.41) is 6.46. The van der Waals surface area contributed by atoms with Crippen LogP contribution in [0.25, 0.3) is 0 Å². The summed E-state index contributed by atoms with van der Waals surface area (Å²) in [5.74, 6) is 0.755. The van der Waals surface area contributed by atoms with Gasteiger partial charge in [0, 0.05) is 26.2 Å². The van der Waals surface area contributed by atoms with Crippen LogP contribution in [-0.2, 0) is 16.6 Å². The number of nitrogens with zero attached hydrogens (tertiary/aromatic N) is 1. The lowest BCUT2D eigenvalue weighted by molar-refractivity contribution is 0.581. The van der Waals surface area contributed by atoms with Crippen molar-refractivity contribution in [2.24, 2.45) is 4.99 Å². The first-order valence-corrected chi connectivity index (χ1v) is 9.59. The first-order valence-electron chi connectivity index (χ1n) is 8.11. The number of sulfonamides is 1. The summed E-state index contributed by atoms with van der Waals surface area (Å²) in [5.41, 5.74) is 1.01. The fraction of sp³-hybridized carbons (Fsp3) is 0.562. The number of hydrogen-bond acceptors (Lipinski definition) is 3. The molecule has 1 aromatic carbocycles. The van der Waals surface area contributed by atoms with Gasteiger partial charge in [0.15, 0.2) is 5.96 Å². The Bertz CT molecular complexity index is 628. The van der Waals surface area contributed by atoms with Crippen LogP contribution in [0.4, 0.5) is 0 Å². The first kappa shape index (κ1) is 21.2. The van der Waals surface area contributed by atoms with E-state index in [1.54, 1.807) is 19.2 Å². The van der Waals surface area contributed by atoms with Crippen molar-refractivity contribution in [1.82, 2.24) is 15.4 Å². The number of halogens is 1. The highest BCUT2D eigenvalue weighted by Crippen LogP contribution is 2.22. The van der Waals surface area contributed by atoms with Crippen LogP contribution in [-0.4, -0.2) is 34.0 Å². The lowest BCUT2D eigenvalue weighted by Crippen LogP contribution is -2.37. The molecule has 0 heterocycles. The maximum Gasteiger partial charge on any atom is 0.240 e. The number of aliphatic imine (C=N–C) groups is 1. The van der Waals surface area contributed by atoms with Crippen molar-refractivity contribution in [2.45, 2.75) is 50.1 Å². The molecule has 136 valence electrons. The Morgan fingerprint density at radius 3 is 2.42 bits per heavy atom. The molecule has 0 saturated heterocycles. The van der Waals surface area contributed by atoms with Crippen molar-refractivity contribution in [3.63, 3.8) is 0 Å². The monoisotopic (exact) mass is 466 g/mol. The Kier molecular flexibility index (Phi) is 8.99. The fourth-order valence-corrected chi connectivity index (χ4v) is 3.37. The Hall–Kier alpha value is -0.870. The molecular formula is C16H27IN4O2S. The van der Waals surface area contributed by atoms with E-state index >= 15 is 0 Å². The lowest BCUT2D eigenvalue weighted by Gasteiger charge is -2.12. The van der Waals surface area contributed by atoms with Gasteiger partial charge < -0.3 is 10.6 Å². The largest absolute Gasteiger partial charge is 0.356 e. The Morgan fingerprint density at radius 1 is 1.21 bits per heavy atom. The molecule has 0 radical (unpaired) electrons. The zero-order valence-corrected chi connectivity index (χ0v) is 17.4. The van der Waals surface area contributed by atoms with Gasteiger partial charge in [0.25, 0.3) is 0 Å². The number of rotatable bonds is 8. The fourth-order valence-electron chi connectivity index (χ4n) is 2.07. The topological polar surface area (TPSA) is 82.6 Å². The van der Waals surface area contributed by atoms with Gasteiger partial charge in [-0.2, -0.15) is 0 Å². The summed E-state index contributed by atoms with van der Waals surface area (Å²) in [6.07, 6.45) is 4.10. The normalized spacial score (nSPS) is 14.8. The molecular weight excluding hydrogens is 439 g/mol. The summed E-state index contributed by atoms with van der Waals surface area (Å²) < 4.78 is 26.9. The van der Waals surface area contributed by atoms with Crippen molar-refractivity contribution >= 4 is 40.0 Å². The SMILES string of the molecule is CCCCNC(=NC)NCc1ccc(S(=O)(=O)NC2CC2)cc1.I. The van der Waals surface area contributed by atoms with Gasteiger partial charge in [-0.25, -0.2) is 13.1 Å². The molecule has 0 aromatic heterocycles. The van der Waals surface area contributed by atoms with Gasteiger partial charge >= 0.3 is 0 Å². The van der Waals surface area contributed by atoms with Gasteiger partial charge in [-0.1, -0.05) is 25.5 Å². The lowest BCUT2D eigenvalue weighted by atomic mass is 10.2. The summed E-state index contributed by atoms with van der Waals surface area (Å²) in [7, 11) is -1.63. The minimum atomic E-state index is -3.37. The molecule has 1 aliphatic carbocycles. The van der Waals surface area contributed by atoms with Crippen molar-refractivity contribution in [3.05, 3.63) is 29.8 Å². The highest BCUT2D eigenvalue weighted by Gasteiger charge is 2.27. The number of nitrogens with one attached hydrogen (secondary N) is 3. The number of hydrogen-bond donors (Lipinski definition) is 3. The van der Waals surface area contributed by atoms with Crippen LogP contribution in [0.15, 0.2) is 34.2 Å². The van der Waals surface area contributed by atoms with E-state index in [-0.39, 0.29) is 30.0 Å². The predicted octanol–water partition coefficient (Wildman–Crippen LogP) is 2.21. The summed E-state index contributed by atoms with van der Waals surface area (Å²) in [6.45, 7) is 3.63. The average molecular weight is 466 g/mol. The van der Waals surface area contributed by atoms with Gasteiger partial charge in [-0.15, -0.1) is 24.0 Å². The van der Waals surface area contributed by atoms with Crippen molar-refractivity contribution in [1.29, 1.82) is 0 Å².